The predicted molar refractivity (Wildman–Crippen MR) is 73.7 cm³/mol. The number of hydrogen-bond acceptors (Lipinski definition) is 3. The summed E-state index contributed by atoms with van der Waals surface area (Å²) in [4.78, 5) is 1.31. The summed E-state index contributed by atoms with van der Waals surface area (Å²) in [5, 5.41) is 0. The van der Waals surface area contributed by atoms with Crippen LogP contribution in [0.25, 0.3) is 0 Å². The summed E-state index contributed by atoms with van der Waals surface area (Å²) in [6.45, 7) is 9.63. The Kier molecular flexibility index (Phi) is 6.63. The van der Waals surface area contributed by atoms with Crippen LogP contribution in [0.4, 0.5) is 0 Å². The first kappa shape index (κ1) is 14.6. The molecule has 3 heteroatoms. The third kappa shape index (κ3) is 5.11. The fraction of sp³-hybridized carbons (Fsp3) is 0.571. The van der Waals surface area contributed by atoms with E-state index in [0.29, 0.717) is 13.2 Å². The van der Waals surface area contributed by atoms with E-state index in [4.69, 9.17) is 9.47 Å². The zero-order chi connectivity index (χ0) is 12.7. The molecule has 0 radical (unpaired) electrons. The highest BCUT2D eigenvalue weighted by atomic mass is 32.2. The second-order valence-electron chi connectivity index (χ2n) is 3.92. The summed E-state index contributed by atoms with van der Waals surface area (Å²) in [5.41, 5.74) is 2.62. The molecule has 0 heterocycles. The Morgan fingerprint density at radius 2 is 1.76 bits per heavy atom. The molecule has 1 aromatic carbocycles. The van der Waals surface area contributed by atoms with Crippen molar-refractivity contribution in [3.8, 4) is 0 Å². The van der Waals surface area contributed by atoms with Gasteiger partial charge in [-0.25, -0.2) is 0 Å². The zero-order valence-corrected chi connectivity index (χ0v) is 12.0. The van der Waals surface area contributed by atoms with Gasteiger partial charge in [0, 0.05) is 23.9 Å². The van der Waals surface area contributed by atoms with Crippen molar-refractivity contribution in [3.63, 3.8) is 0 Å². The first-order valence-corrected chi connectivity index (χ1v) is 7.09. The second kappa shape index (κ2) is 7.75. The van der Waals surface area contributed by atoms with Gasteiger partial charge in [-0.3, -0.25) is 0 Å². The van der Waals surface area contributed by atoms with Crippen molar-refractivity contribution in [2.45, 2.75) is 38.9 Å². The topological polar surface area (TPSA) is 18.5 Å². The normalized spacial score (nSPS) is 11.1. The predicted octanol–water partition coefficient (Wildman–Crippen LogP) is 3.79. The van der Waals surface area contributed by atoms with Gasteiger partial charge in [0.2, 0.25) is 0 Å². The molecule has 1 aromatic rings. The van der Waals surface area contributed by atoms with Gasteiger partial charge in [0.05, 0.1) is 0 Å². The van der Waals surface area contributed by atoms with Crippen molar-refractivity contribution >= 4 is 11.8 Å². The highest BCUT2D eigenvalue weighted by molar-refractivity contribution is 7.99. The zero-order valence-electron chi connectivity index (χ0n) is 11.2. The molecule has 0 aromatic heterocycles. The molecule has 0 aliphatic heterocycles. The van der Waals surface area contributed by atoms with E-state index >= 15 is 0 Å². The summed E-state index contributed by atoms with van der Waals surface area (Å²) in [5.74, 6) is 0.839. The van der Waals surface area contributed by atoms with Crippen molar-refractivity contribution < 1.29 is 9.47 Å². The molecule has 0 bridgehead atoms. The molecule has 17 heavy (non-hydrogen) atoms. The third-order valence-electron chi connectivity index (χ3n) is 2.41. The van der Waals surface area contributed by atoms with Crippen LogP contribution >= 0.6 is 11.8 Å². The van der Waals surface area contributed by atoms with Crippen LogP contribution in [-0.2, 0) is 9.47 Å². The Hall–Kier alpha value is -0.510. The maximum absolute atomic E-state index is 5.52. The number of rotatable bonds is 7. The van der Waals surface area contributed by atoms with Gasteiger partial charge in [-0.1, -0.05) is 17.7 Å². The highest BCUT2D eigenvalue weighted by Crippen LogP contribution is 2.24. The van der Waals surface area contributed by atoms with Crippen LogP contribution in [0.1, 0.15) is 25.0 Å². The lowest BCUT2D eigenvalue weighted by Crippen LogP contribution is -2.20. The Morgan fingerprint density at radius 3 is 2.29 bits per heavy atom. The van der Waals surface area contributed by atoms with E-state index in [1.807, 2.05) is 13.8 Å². The van der Waals surface area contributed by atoms with Crippen LogP contribution in [0.5, 0.6) is 0 Å². The van der Waals surface area contributed by atoms with Gasteiger partial charge in [0.15, 0.2) is 6.29 Å². The van der Waals surface area contributed by atoms with Crippen LogP contribution in [0.2, 0.25) is 0 Å². The fourth-order valence-corrected chi connectivity index (χ4v) is 2.59. The van der Waals surface area contributed by atoms with Gasteiger partial charge in [-0.2, -0.15) is 0 Å². The lowest BCUT2D eigenvalue weighted by atomic mass is 10.2. The van der Waals surface area contributed by atoms with E-state index in [0.717, 1.165) is 5.75 Å². The number of ether oxygens (including phenoxy) is 2. The minimum absolute atomic E-state index is 0.101. The second-order valence-corrected chi connectivity index (χ2v) is 4.98. The molecular formula is C14H22O2S. The van der Waals surface area contributed by atoms with Crippen molar-refractivity contribution in [1.29, 1.82) is 0 Å². The first-order valence-electron chi connectivity index (χ1n) is 6.10. The van der Waals surface area contributed by atoms with E-state index in [9.17, 15) is 0 Å². The molecule has 0 aliphatic carbocycles. The SMILES string of the molecule is CCOC(CSc1ccc(C)cc1C)OCC. The van der Waals surface area contributed by atoms with Gasteiger partial charge >= 0.3 is 0 Å². The molecule has 0 amide bonds. The standard InChI is InChI=1S/C14H22O2S/c1-5-15-14(16-6-2)10-17-13-8-7-11(3)9-12(13)4/h7-9,14H,5-6,10H2,1-4H3. The van der Waals surface area contributed by atoms with E-state index in [1.165, 1.54) is 16.0 Å². The Bertz CT molecular complexity index is 333. The molecule has 0 saturated heterocycles. The van der Waals surface area contributed by atoms with Gasteiger partial charge in [0.1, 0.15) is 0 Å². The van der Waals surface area contributed by atoms with Crippen molar-refractivity contribution in [1.82, 2.24) is 0 Å². The fourth-order valence-electron chi connectivity index (χ4n) is 1.64. The van der Waals surface area contributed by atoms with Crippen molar-refractivity contribution in [2.24, 2.45) is 0 Å². The average molecular weight is 254 g/mol. The van der Waals surface area contributed by atoms with Gasteiger partial charge in [0.25, 0.3) is 0 Å². The molecular weight excluding hydrogens is 232 g/mol. The minimum Gasteiger partial charge on any atom is -0.352 e. The third-order valence-corrected chi connectivity index (χ3v) is 3.62. The molecule has 0 saturated carbocycles. The van der Waals surface area contributed by atoms with Crippen LogP contribution in [0.15, 0.2) is 23.1 Å². The summed E-state index contributed by atoms with van der Waals surface area (Å²) in [7, 11) is 0. The number of benzene rings is 1. The van der Waals surface area contributed by atoms with Gasteiger partial charge < -0.3 is 9.47 Å². The van der Waals surface area contributed by atoms with Crippen molar-refractivity contribution in [3.05, 3.63) is 29.3 Å². The average Bonchev–Trinajstić information content (AvgIpc) is 2.28. The first-order chi connectivity index (χ1) is 8.17. The van der Waals surface area contributed by atoms with Crippen LogP contribution < -0.4 is 0 Å². The molecule has 0 aliphatic rings. The van der Waals surface area contributed by atoms with E-state index in [1.54, 1.807) is 11.8 Å². The van der Waals surface area contributed by atoms with Crippen LogP contribution in [-0.4, -0.2) is 25.3 Å². The van der Waals surface area contributed by atoms with Crippen LogP contribution in [0.3, 0.4) is 0 Å². The number of thioether (sulfide) groups is 1. The molecule has 0 fully saturated rings. The summed E-state index contributed by atoms with van der Waals surface area (Å²) < 4.78 is 11.0. The Morgan fingerprint density at radius 1 is 1.12 bits per heavy atom. The molecule has 96 valence electrons. The van der Waals surface area contributed by atoms with E-state index in [2.05, 4.69) is 32.0 Å². The summed E-state index contributed by atoms with van der Waals surface area (Å²) in [6, 6.07) is 6.52. The molecule has 2 nitrogen and oxygen atoms in total. The molecule has 0 N–H and O–H groups in total. The maximum Gasteiger partial charge on any atom is 0.166 e. The smallest absolute Gasteiger partial charge is 0.166 e. The van der Waals surface area contributed by atoms with Crippen molar-refractivity contribution in [2.75, 3.05) is 19.0 Å². The Balaban J connectivity index is 2.52. The molecule has 1 rings (SSSR count). The minimum atomic E-state index is -0.101. The summed E-state index contributed by atoms with van der Waals surface area (Å²) >= 11 is 1.79. The van der Waals surface area contributed by atoms with Gasteiger partial charge in [-0.15, -0.1) is 11.8 Å². The monoisotopic (exact) mass is 254 g/mol. The Labute approximate surface area is 109 Å². The summed E-state index contributed by atoms with van der Waals surface area (Å²) in [6.07, 6.45) is -0.101. The number of hydrogen-bond donors (Lipinski definition) is 0. The largest absolute Gasteiger partial charge is 0.352 e. The molecule has 0 spiro atoms. The van der Waals surface area contributed by atoms with E-state index in [-0.39, 0.29) is 6.29 Å². The van der Waals surface area contributed by atoms with Crippen LogP contribution in [0, 0.1) is 13.8 Å². The highest BCUT2D eigenvalue weighted by Gasteiger charge is 2.09. The lowest BCUT2D eigenvalue weighted by Gasteiger charge is -2.17. The lowest BCUT2D eigenvalue weighted by molar-refractivity contribution is -0.120. The quantitative estimate of drug-likeness (QED) is 0.545. The van der Waals surface area contributed by atoms with E-state index < -0.39 is 0 Å². The maximum atomic E-state index is 5.52. The van der Waals surface area contributed by atoms with Gasteiger partial charge in [-0.05, 0) is 39.3 Å². The number of aryl methyl sites for hydroxylation is 2. The molecule has 0 unspecified atom stereocenters. The molecule has 0 atom stereocenters.